The second kappa shape index (κ2) is 10.4. The van der Waals surface area contributed by atoms with Crippen LogP contribution in [-0.4, -0.2) is 16.3 Å². The predicted molar refractivity (Wildman–Crippen MR) is 139 cm³/mol. The molecular formula is C30H25NO2S. The zero-order valence-corrected chi connectivity index (χ0v) is 19.5. The third-order valence-electron chi connectivity index (χ3n) is 5.80. The Labute approximate surface area is 204 Å². The van der Waals surface area contributed by atoms with Crippen molar-refractivity contribution in [3.05, 3.63) is 138 Å². The first-order valence-electron chi connectivity index (χ1n) is 11.3. The van der Waals surface area contributed by atoms with Gasteiger partial charge in [-0.2, -0.15) is 0 Å². The molecule has 1 heterocycles. The second-order valence-corrected chi connectivity index (χ2v) is 9.09. The third kappa shape index (κ3) is 4.92. The molecule has 0 radical (unpaired) electrons. The van der Waals surface area contributed by atoms with Crippen molar-refractivity contribution in [3.8, 4) is 0 Å². The number of esters is 1. The Bertz CT molecular complexity index is 1330. The number of carbonyl (C=O) groups excluding carboxylic acids is 1. The van der Waals surface area contributed by atoms with Gasteiger partial charge in [-0.3, -0.25) is 4.79 Å². The fourth-order valence-corrected chi connectivity index (χ4v) is 5.07. The van der Waals surface area contributed by atoms with E-state index in [9.17, 15) is 4.79 Å². The molecule has 4 heteroatoms. The van der Waals surface area contributed by atoms with Crippen molar-refractivity contribution in [1.29, 1.82) is 0 Å². The molecule has 34 heavy (non-hydrogen) atoms. The van der Waals surface area contributed by atoms with Crippen molar-refractivity contribution in [2.24, 2.45) is 0 Å². The first-order chi connectivity index (χ1) is 16.8. The Kier molecular flexibility index (Phi) is 6.78. The van der Waals surface area contributed by atoms with Crippen LogP contribution in [0.3, 0.4) is 0 Å². The van der Waals surface area contributed by atoms with E-state index in [0.717, 1.165) is 21.4 Å². The highest BCUT2D eigenvalue weighted by molar-refractivity contribution is 8.00. The van der Waals surface area contributed by atoms with Crippen LogP contribution in [0, 0.1) is 0 Å². The number of aromatic nitrogens is 1. The topological polar surface area (TPSA) is 31.2 Å². The van der Waals surface area contributed by atoms with Crippen molar-refractivity contribution < 1.29 is 9.53 Å². The minimum Gasteiger partial charge on any atom is -0.460 e. The van der Waals surface area contributed by atoms with E-state index >= 15 is 0 Å². The summed E-state index contributed by atoms with van der Waals surface area (Å²) in [5.74, 6) is 0.0516. The van der Waals surface area contributed by atoms with Gasteiger partial charge < -0.3 is 9.30 Å². The van der Waals surface area contributed by atoms with Crippen molar-refractivity contribution in [3.63, 3.8) is 0 Å². The van der Waals surface area contributed by atoms with Gasteiger partial charge >= 0.3 is 5.97 Å². The van der Waals surface area contributed by atoms with Gasteiger partial charge in [-0.25, -0.2) is 0 Å². The molecule has 5 aromatic rings. The van der Waals surface area contributed by atoms with Crippen LogP contribution in [0.5, 0.6) is 0 Å². The summed E-state index contributed by atoms with van der Waals surface area (Å²) < 4.78 is 7.81. The first kappa shape index (κ1) is 22.1. The Balaban J connectivity index is 1.43. The number of hydrogen-bond acceptors (Lipinski definition) is 3. The summed E-state index contributed by atoms with van der Waals surface area (Å²) in [6, 6.07) is 39.2. The van der Waals surface area contributed by atoms with Crippen molar-refractivity contribution in [1.82, 2.24) is 4.57 Å². The van der Waals surface area contributed by atoms with Gasteiger partial charge in [-0.05, 0) is 22.8 Å². The molecule has 0 spiro atoms. The smallest absolute Gasteiger partial charge is 0.316 e. The average Bonchev–Trinajstić information content (AvgIpc) is 3.26. The minimum atomic E-state index is -0.214. The molecule has 168 valence electrons. The van der Waals surface area contributed by atoms with Gasteiger partial charge in [0.25, 0.3) is 0 Å². The second-order valence-electron chi connectivity index (χ2n) is 8.08. The Morgan fingerprint density at radius 2 is 1.29 bits per heavy atom. The van der Waals surface area contributed by atoms with Crippen molar-refractivity contribution in [2.75, 3.05) is 5.75 Å². The lowest BCUT2D eigenvalue weighted by Crippen LogP contribution is -2.11. The lowest BCUT2D eigenvalue weighted by Gasteiger charge is -2.21. The van der Waals surface area contributed by atoms with Crippen molar-refractivity contribution in [2.45, 2.75) is 17.5 Å². The molecule has 0 bridgehead atoms. The number of nitrogens with zero attached hydrogens (tertiary/aromatic N) is 1. The molecule has 4 aromatic carbocycles. The lowest BCUT2D eigenvalue weighted by molar-refractivity contribution is -0.141. The number of hydrogen-bond donors (Lipinski definition) is 0. The van der Waals surface area contributed by atoms with Crippen LogP contribution in [0.2, 0.25) is 0 Å². The Morgan fingerprint density at radius 3 is 1.94 bits per heavy atom. The fraction of sp³-hybridized carbons (Fsp3) is 0.100. The number of benzene rings is 4. The summed E-state index contributed by atoms with van der Waals surface area (Å²) in [6.45, 7) is 0.298. The van der Waals surface area contributed by atoms with E-state index in [1.54, 1.807) is 0 Å². The van der Waals surface area contributed by atoms with Crippen molar-refractivity contribution >= 4 is 28.6 Å². The van der Waals surface area contributed by atoms with Gasteiger partial charge in [0, 0.05) is 16.5 Å². The number of rotatable bonds is 8. The SMILES string of the molecule is O=C(CSc1cn(C(c2ccccc2)c2ccccc2)c2ccccc12)OCc1ccccc1. The number of carbonyl (C=O) groups is 1. The number of para-hydroxylation sites is 1. The molecule has 0 aliphatic rings. The fourth-order valence-electron chi connectivity index (χ4n) is 4.20. The van der Waals surface area contributed by atoms with Gasteiger partial charge in [-0.1, -0.05) is 109 Å². The highest BCUT2D eigenvalue weighted by atomic mass is 32.2. The molecule has 0 fully saturated rings. The molecule has 0 aliphatic carbocycles. The number of ether oxygens (including phenoxy) is 1. The van der Waals surface area contributed by atoms with Gasteiger partial charge in [0.05, 0.1) is 17.3 Å². The van der Waals surface area contributed by atoms with E-state index < -0.39 is 0 Å². The molecule has 0 amide bonds. The zero-order chi connectivity index (χ0) is 23.2. The van der Waals surface area contributed by atoms with E-state index in [1.807, 2.05) is 48.5 Å². The highest BCUT2D eigenvalue weighted by Crippen LogP contribution is 2.36. The largest absolute Gasteiger partial charge is 0.460 e. The molecule has 3 nitrogen and oxygen atoms in total. The summed E-state index contributed by atoms with van der Waals surface area (Å²) in [7, 11) is 0. The summed E-state index contributed by atoms with van der Waals surface area (Å²) in [5.41, 5.74) is 4.56. The predicted octanol–water partition coefficient (Wildman–Crippen LogP) is 7.11. The molecule has 0 saturated heterocycles. The van der Waals surface area contributed by atoms with Crippen LogP contribution in [0.15, 0.2) is 126 Å². The van der Waals surface area contributed by atoms with Gasteiger partial charge in [0.2, 0.25) is 0 Å². The van der Waals surface area contributed by atoms with E-state index in [4.69, 9.17) is 4.74 Å². The van der Waals surface area contributed by atoms with E-state index in [1.165, 1.54) is 22.9 Å². The van der Waals surface area contributed by atoms with Crippen LogP contribution >= 0.6 is 11.8 Å². The molecule has 5 rings (SSSR count). The Hall–Kier alpha value is -3.76. The van der Waals surface area contributed by atoms with Crippen LogP contribution in [-0.2, 0) is 16.1 Å². The molecule has 0 atom stereocenters. The van der Waals surface area contributed by atoms with Gasteiger partial charge in [-0.15, -0.1) is 11.8 Å². The third-order valence-corrected chi connectivity index (χ3v) is 6.82. The minimum absolute atomic E-state index is 0.0340. The molecular weight excluding hydrogens is 438 g/mol. The summed E-state index contributed by atoms with van der Waals surface area (Å²) in [5, 5.41) is 1.14. The number of thioether (sulfide) groups is 1. The molecule has 0 unspecified atom stereocenters. The quantitative estimate of drug-likeness (QED) is 0.181. The monoisotopic (exact) mass is 463 g/mol. The maximum atomic E-state index is 12.5. The average molecular weight is 464 g/mol. The maximum absolute atomic E-state index is 12.5. The normalized spacial score (nSPS) is 11.1. The first-order valence-corrected chi connectivity index (χ1v) is 12.3. The van der Waals surface area contributed by atoms with E-state index in [0.29, 0.717) is 6.61 Å². The van der Waals surface area contributed by atoms with Crippen LogP contribution in [0.25, 0.3) is 10.9 Å². The maximum Gasteiger partial charge on any atom is 0.316 e. The van der Waals surface area contributed by atoms with Crippen LogP contribution < -0.4 is 0 Å². The molecule has 1 aromatic heterocycles. The van der Waals surface area contributed by atoms with E-state index in [2.05, 4.69) is 77.5 Å². The van der Waals surface area contributed by atoms with Crippen LogP contribution in [0.1, 0.15) is 22.7 Å². The molecule has 0 saturated carbocycles. The number of fused-ring (bicyclic) bond motifs is 1. The molecule has 0 aliphatic heterocycles. The summed E-state index contributed by atoms with van der Waals surface area (Å²) in [4.78, 5) is 13.5. The van der Waals surface area contributed by atoms with E-state index in [-0.39, 0.29) is 17.8 Å². The summed E-state index contributed by atoms with van der Waals surface area (Å²) >= 11 is 1.53. The lowest BCUT2D eigenvalue weighted by atomic mass is 9.98. The standard InChI is InChI=1S/C30H25NO2S/c32-29(33-21-23-12-4-1-5-13-23)22-34-28-20-31(27-19-11-10-18-26(27)28)30(24-14-6-2-7-15-24)25-16-8-3-9-17-25/h1-20,30H,21-22H2. The highest BCUT2D eigenvalue weighted by Gasteiger charge is 2.20. The summed E-state index contributed by atoms with van der Waals surface area (Å²) in [6.07, 6.45) is 2.17. The van der Waals surface area contributed by atoms with Crippen LogP contribution in [0.4, 0.5) is 0 Å². The Morgan fingerprint density at radius 1 is 0.735 bits per heavy atom. The molecule has 0 N–H and O–H groups in total. The zero-order valence-electron chi connectivity index (χ0n) is 18.7. The van der Waals surface area contributed by atoms with Gasteiger partial charge in [0.15, 0.2) is 0 Å². The van der Waals surface area contributed by atoms with Gasteiger partial charge in [0.1, 0.15) is 6.61 Å².